The fourth-order valence-electron chi connectivity index (χ4n) is 2.09. The summed E-state index contributed by atoms with van der Waals surface area (Å²) < 4.78 is 5.18. The molecule has 1 rings (SSSR count). The van der Waals surface area contributed by atoms with Gasteiger partial charge in [-0.15, -0.1) is 0 Å². The number of hydrogen-bond acceptors (Lipinski definition) is 4. The van der Waals surface area contributed by atoms with Crippen molar-refractivity contribution in [2.45, 2.75) is 19.0 Å². The summed E-state index contributed by atoms with van der Waals surface area (Å²) in [6.07, 6.45) is 2.12. The number of ether oxygens (including phenoxy) is 1. The van der Waals surface area contributed by atoms with E-state index in [9.17, 15) is 0 Å². The number of likely N-dealkylation sites (N-methyl/N-ethyl adjacent to an activating group) is 1. The maximum absolute atomic E-state index is 6.19. The number of thioether (sulfide) groups is 1. The van der Waals surface area contributed by atoms with Gasteiger partial charge >= 0.3 is 0 Å². The molecule has 1 aromatic rings. The van der Waals surface area contributed by atoms with Gasteiger partial charge in [0.1, 0.15) is 5.75 Å². The maximum atomic E-state index is 6.19. The largest absolute Gasteiger partial charge is 0.495 e. The number of methoxy groups -OCH3 is 1. The molecular weight excluding hydrogens is 280 g/mol. The summed E-state index contributed by atoms with van der Waals surface area (Å²) in [6.45, 7) is 2.78. The second-order valence-corrected chi connectivity index (χ2v) is 5.93. The molecule has 2 atom stereocenters. The average molecular weight is 303 g/mol. The van der Waals surface area contributed by atoms with E-state index in [-0.39, 0.29) is 6.04 Å². The number of halogens is 1. The second kappa shape index (κ2) is 8.00. The van der Waals surface area contributed by atoms with Gasteiger partial charge in [0, 0.05) is 24.4 Å². The van der Waals surface area contributed by atoms with E-state index in [1.807, 2.05) is 30.0 Å². The molecule has 2 N–H and O–H groups in total. The van der Waals surface area contributed by atoms with Crippen molar-refractivity contribution in [2.24, 2.45) is 5.73 Å². The lowest BCUT2D eigenvalue weighted by molar-refractivity contribution is 0.204. The van der Waals surface area contributed by atoms with Crippen LogP contribution in [0.1, 0.15) is 18.5 Å². The highest BCUT2D eigenvalue weighted by atomic mass is 35.5. The molecule has 0 spiro atoms. The summed E-state index contributed by atoms with van der Waals surface area (Å²) >= 11 is 8.03. The third kappa shape index (κ3) is 4.28. The lowest BCUT2D eigenvalue weighted by Gasteiger charge is -2.32. The summed E-state index contributed by atoms with van der Waals surface area (Å²) in [5, 5.41) is 0.629. The van der Waals surface area contributed by atoms with E-state index in [1.165, 1.54) is 0 Å². The zero-order chi connectivity index (χ0) is 14.4. The minimum Gasteiger partial charge on any atom is -0.495 e. The third-order valence-corrected chi connectivity index (χ3v) is 4.49. The van der Waals surface area contributed by atoms with Crippen molar-refractivity contribution in [3.63, 3.8) is 0 Å². The van der Waals surface area contributed by atoms with E-state index in [0.717, 1.165) is 11.3 Å². The van der Waals surface area contributed by atoms with Gasteiger partial charge in [0.15, 0.2) is 0 Å². The lowest BCUT2D eigenvalue weighted by atomic mass is 10.0. The molecule has 0 heterocycles. The van der Waals surface area contributed by atoms with E-state index < -0.39 is 0 Å². The smallest absolute Gasteiger partial charge is 0.137 e. The summed E-state index contributed by atoms with van der Waals surface area (Å²) in [6, 6.07) is 6.51. The van der Waals surface area contributed by atoms with Gasteiger partial charge in [-0.05, 0) is 37.9 Å². The normalized spacial score (nSPS) is 14.5. The van der Waals surface area contributed by atoms with Crippen molar-refractivity contribution in [3.8, 4) is 5.75 Å². The maximum Gasteiger partial charge on any atom is 0.137 e. The Balaban J connectivity index is 2.93. The van der Waals surface area contributed by atoms with Crippen molar-refractivity contribution in [1.82, 2.24) is 4.90 Å². The predicted molar refractivity (Wildman–Crippen MR) is 85.4 cm³/mol. The van der Waals surface area contributed by atoms with E-state index >= 15 is 0 Å². The lowest BCUT2D eigenvalue weighted by Crippen LogP contribution is -2.38. The zero-order valence-corrected chi connectivity index (χ0v) is 13.6. The zero-order valence-electron chi connectivity index (χ0n) is 12.0. The Labute approximate surface area is 125 Å². The van der Waals surface area contributed by atoms with Crippen LogP contribution >= 0.6 is 23.4 Å². The van der Waals surface area contributed by atoms with Crippen LogP contribution in [-0.4, -0.2) is 43.7 Å². The highest BCUT2D eigenvalue weighted by Gasteiger charge is 2.20. The van der Waals surface area contributed by atoms with Crippen molar-refractivity contribution in [2.75, 3.05) is 32.7 Å². The summed E-state index contributed by atoms with van der Waals surface area (Å²) in [7, 11) is 3.73. The quantitative estimate of drug-likeness (QED) is 0.840. The van der Waals surface area contributed by atoms with Crippen molar-refractivity contribution >= 4 is 23.4 Å². The predicted octanol–water partition coefficient (Wildman–Crippen LogP) is 3.03. The molecule has 0 aliphatic heterocycles. The van der Waals surface area contributed by atoms with Crippen molar-refractivity contribution in [1.29, 1.82) is 0 Å². The van der Waals surface area contributed by atoms with Gasteiger partial charge in [-0.2, -0.15) is 11.8 Å². The van der Waals surface area contributed by atoms with E-state index in [2.05, 4.69) is 25.1 Å². The van der Waals surface area contributed by atoms with Gasteiger partial charge in [0.25, 0.3) is 0 Å². The Bertz CT molecular complexity index is 403. The first-order valence-corrected chi connectivity index (χ1v) is 8.06. The van der Waals surface area contributed by atoms with Gasteiger partial charge in [0.05, 0.1) is 12.1 Å². The molecule has 2 unspecified atom stereocenters. The molecule has 0 saturated carbocycles. The van der Waals surface area contributed by atoms with Crippen LogP contribution < -0.4 is 10.5 Å². The molecule has 3 nitrogen and oxygen atoms in total. The highest BCUT2D eigenvalue weighted by molar-refractivity contribution is 7.98. The molecule has 0 aliphatic carbocycles. The standard InChI is InChI=1S/C14H23ClN2OS/c1-10(9-19-4)17(2)13(8-16)11-5-6-14(18-3)12(15)7-11/h5-7,10,13H,8-9,16H2,1-4H3. The van der Waals surface area contributed by atoms with Gasteiger partial charge in [0.2, 0.25) is 0 Å². The van der Waals surface area contributed by atoms with Crippen LogP contribution in [0.2, 0.25) is 5.02 Å². The minimum absolute atomic E-state index is 0.172. The SMILES string of the molecule is COc1ccc(C(CN)N(C)C(C)CSC)cc1Cl. The topological polar surface area (TPSA) is 38.5 Å². The van der Waals surface area contributed by atoms with Crippen LogP contribution in [0.3, 0.4) is 0 Å². The summed E-state index contributed by atoms with van der Waals surface area (Å²) in [4.78, 5) is 2.30. The third-order valence-electron chi connectivity index (χ3n) is 3.38. The molecule has 0 aliphatic rings. The fourth-order valence-corrected chi connectivity index (χ4v) is 3.08. The van der Waals surface area contributed by atoms with Crippen LogP contribution in [0, 0.1) is 0 Å². The Morgan fingerprint density at radius 1 is 1.47 bits per heavy atom. The van der Waals surface area contributed by atoms with Gasteiger partial charge in [-0.3, -0.25) is 4.90 Å². The van der Waals surface area contributed by atoms with E-state index in [4.69, 9.17) is 22.1 Å². The molecule has 1 aromatic carbocycles. The van der Waals surface area contributed by atoms with E-state index in [1.54, 1.807) is 7.11 Å². The molecule has 0 radical (unpaired) electrons. The first-order valence-electron chi connectivity index (χ1n) is 6.29. The number of hydrogen-bond donors (Lipinski definition) is 1. The first-order chi connectivity index (χ1) is 9.04. The van der Waals surface area contributed by atoms with Crippen molar-refractivity contribution in [3.05, 3.63) is 28.8 Å². The average Bonchev–Trinajstić information content (AvgIpc) is 2.40. The Morgan fingerprint density at radius 3 is 2.63 bits per heavy atom. The molecule has 0 fully saturated rings. The van der Waals surface area contributed by atoms with Crippen LogP contribution in [0.15, 0.2) is 18.2 Å². The highest BCUT2D eigenvalue weighted by Crippen LogP contribution is 2.30. The molecule has 19 heavy (non-hydrogen) atoms. The molecule has 108 valence electrons. The van der Waals surface area contributed by atoms with Crippen LogP contribution in [0.4, 0.5) is 0 Å². The van der Waals surface area contributed by atoms with Crippen molar-refractivity contribution < 1.29 is 4.74 Å². The summed E-state index contributed by atoms with van der Waals surface area (Å²) in [5.74, 6) is 1.78. The first kappa shape index (κ1) is 16.6. The monoisotopic (exact) mass is 302 g/mol. The Morgan fingerprint density at radius 2 is 2.16 bits per heavy atom. The second-order valence-electron chi connectivity index (χ2n) is 4.62. The summed E-state index contributed by atoms with van der Waals surface area (Å²) in [5.41, 5.74) is 7.07. The number of rotatable bonds is 7. The molecule has 0 bridgehead atoms. The Hall–Kier alpha value is -0.420. The minimum atomic E-state index is 0.172. The van der Waals surface area contributed by atoms with Gasteiger partial charge in [-0.25, -0.2) is 0 Å². The van der Waals surface area contributed by atoms with Crippen LogP contribution in [0.5, 0.6) is 5.75 Å². The molecule has 0 saturated heterocycles. The molecular formula is C14H23ClN2OS. The molecule has 0 amide bonds. The molecule has 5 heteroatoms. The number of benzene rings is 1. The van der Waals surface area contributed by atoms with Gasteiger partial charge in [-0.1, -0.05) is 17.7 Å². The fraction of sp³-hybridized carbons (Fsp3) is 0.571. The molecule has 0 aromatic heterocycles. The number of nitrogens with zero attached hydrogens (tertiary/aromatic N) is 1. The Kier molecular flexibility index (Phi) is 7.00. The van der Waals surface area contributed by atoms with Crippen LogP contribution in [-0.2, 0) is 0 Å². The van der Waals surface area contributed by atoms with E-state index in [0.29, 0.717) is 23.4 Å². The number of nitrogens with two attached hydrogens (primary N) is 1. The van der Waals surface area contributed by atoms with Crippen LogP contribution in [0.25, 0.3) is 0 Å². The van der Waals surface area contributed by atoms with Gasteiger partial charge < -0.3 is 10.5 Å².